The van der Waals surface area contributed by atoms with Crippen molar-refractivity contribution in [3.63, 3.8) is 0 Å². The highest BCUT2D eigenvalue weighted by molar-refractivity contribution is 14.0. The minimum absolute atomic E-state index is 0. The Labute approximate surface area is 171 Å². The van der Waals surface area contributed by atoms with Crippen LogP contribution >= 0.6 is 35.6 Å². The number of ether oxygens (including phenoxy) is 3. The molecular formula is C17H27ClIN3O3. The highest BCUT2D eigenvalue weighted by Crippen LogP contribution is 2.22. The fraction of sp³-hybridized carbons (Fsp3) is 0.588. The second-order valence-corrected chi connectivity index (χ2v) is 5.96. The summed E-state index contributed by atoms with van der Waals surface area (Å²) in [7, 11) is 3.39. The molecule has 0 aliphatic carbocycles. The summed E-state index contributed by atoms with van der Waals surface area (Å²) in [5.74, 6) is 1.51. The molecule has 1 saturated heterocycles. The van der Waals surface area contributed by atoms with Crippen molar-refractivity contribution in [3.8, 4) is 5.75 Å². The van der Waals surface area contributed by atoms with Crippen LogP contribution in [0.25, 0.3) is 0 Å². The number of guanidine groups is 1. The van der Waals surface area contributed by atoms with E-state index in [0.29, 0.717) is 11.6 Å². The van der Waals surface area contributed by atoms with Gasteiger partial charge in [0.05, 0.1) is 19.8 Å². The molecule has 1 atom stereocenters. The lowest BCUT2D eigenvalue weighted by molar-refractivity contribution is 0.0420. The number of nitrogens with one attached hydrogen (secondary N) is 2. The maximum absolute atomic E-state index is 5.97. The zero-order chi connectivity index (χ0) is 17.2. The monoisotopic (exact) mass is 483 g/mol. The number of halogens is 2. The van der Waals surface area contributed by atoms with E-state index in [2.05, 4.69) is 15.6 Å². The minimum atomic E-state index is 0. The third kappa shape index (κ3) is 7.98. The average Bonchev–Trinajstić information content (AvgIpc) is 3.11. The first-order chi connectivity index (χ1) is 11.7. The Balaban J connectivity index is 0.00000312. The quantitative estimate of drug-likeness (QED) is 0.258. The average molecular weight is 484 g/mol. The minimum Gasteiger partial charge on any atom is -0.496 e. The predicted octanol–water partition coefficient (Wildman–Crippen LogP) is 2.83. The third-order valence-corrected chi connectivity index (χ3v) is 4.01. The first-order valence-electron chi connectivity index (χ1n) is 8.19. The Morgan fingerprint density at radius 3 is 2.92 bits per heavy atom. The molecule has 0 spiro atoms. The molecule has 142 valence electrons. The number of hydrogen-bond acceptors (Lipinski definition) is 4. The summed E-state index contributed by atoms with van der Waals surface area (Å²) in [5.41, 5.74) is 1.02. The molecule has 2 N–H and O–H groups in total. The highest BCUT2D eigenvalue weighted by atomic mass is 127. The summed E-state index contributed by atoms with van der Waals surface area (Å²) in [6.45, 7) is 3.66. The van der Waals surface area contributed by atoms with Crippen LogP contribution in [0.1, 0.15) is 18.4 Å². The van der Waals surface area contributed by atoms with E-state index in [-0.39, 0.29) is 30.1 Å². The molecule has 0 bridgehead atoms. The van der Waals surface area contributed by atoms with Gasteiger partial charge in [0.15, 0.2) is 5.96 Å². The van der Waals surface area contributed by atoms with Gasteiger partial charge in [-0.25, -0.2) is 0 Å². The molecule has 1 unspecified atom stereocenters. The zero-order valence-electron chi connectivity index (χ0n) is 14.7. The molecule has 1 aliphatic rings. The summed E-state index contributed by atoms with van der Waals surface area (Å²) < 4.78 is 16.4. The smallest absolute Gasteiger partial charge is 0.191 e. The second-order valence-electron chi connectivity index (χ2n) is 5.52. The van der Waals surface area contributed by atoms with E-state index in [4.69, 9.17) is 25.8 Å². The Kier molecular flexibility index (Phi) is 11.2. The Bertz CT molecular complexity index is 540. The summed E-state index contributed by atoms with van der Waals surface area (Å²) in [6, 6.07) is 5.60. The molecule has 0 saturated carbocycles. The summed E-state index contributed by atoms with van der Waals surface area (Å²) in [5, 5.41) is 7.20. The molecule has 0 radical (unpaired) electrons. The molecule has 1 aliphatic heterocycles. The molecule has 2 rings (SSSR count). The topological polar surface area (TPSA) is 64.1 Å². The molecule has 0 aromatic heterocycles. The second kappa shape index (κ2) is 12.6. The Hall–Kier alpha value is -0.770. The van der Waals surface area contributed by atoms with Crippen LogP contribution in [0.3, 0.4) is 0 Å². The number of methoxy groups -OCH3 is 1. The first-order valence-corrected chi connectivity index (χ1v) is 8.57. The molecule has 6 nitrogen and oxygen atoms in total. The molecule has 1 heterocycles. The maximum atomic E-state index is 5.97. The zero-order valence-corrected chi connectivity index (χ0v) is 17.8. The van der Waals surface area contributed by atoms with Crippen molar-refractivity contribution >= 4 is 41.5 Å². The van der Waals surface area contributed by atoms with Gasteiger partial charge in [0.25, 0.3) is 0 Å². The van der Waals surface area contributed by atoms with Crippen LogP contribution in [0, 0.1) is 0 Å². The first kappa shape index (κ1) is 22.3. The Morgan fingerprint density at radius 1 is 1.40 bits per heavy atom. The van der Waals surface area contributed by atoms with Gasteiger partial charge < -0.3 is 24.8 Å². The largest absolute Gasteiger partial charge is 0.496 e. The van der Waals surface area contributed by atoms with E-state index in [9.17, 15) is 0 Å². The van der Waals surface area contributed by atoms with Crippen molar-refractivity contribution in [3.05, 3.63) is 28.8 Å². The summed E-state index contributed by atoms with van der Waals surface area (Å²) >= 11 is 5.97. The molecule has 25 heavy (non-hydrogen) atoms. The van der Waals surface area contributed by atoms with Gasteiger partial charge in [-0.15, -0.1) is 24.0 Å². The van der Waals surface area contributed by atoms with Gasteiger partial charge in [0, 0.05) is 43.9 Å². The maximum Gasteiger partial charge on any atom is 0.191 e. The normalized spacial score (nSPS) is 17.1. The molecule has 0 amide bonds. The lowest BCUT2D eigenvalue weighted by atomic mass is 10.2. The molecule has 8 heteroatoms. The van der Waals surface area contributed by atoms with E-state index in [1.807, 2.05) is 12.1 Å². The van der Waals surface area contributed by atoms with Crippen LogP contribution in [-0.2, 0) is 16.0 Å². The summed E-state index contributed by atoms with van der Waals surface area (Å²) in [4.78, 5) is 4.22. The SMILES string of the molecule is CN=C(NCCCOC1CCOC1)NCc1ccc(Cl)cc1OC.I. The van der Waals surface area contributed by atoms with Crippen LogP contribution in [0.2, 0.25) is 5.02 Å². The highest BCUT2D eigenvalue weighted by Gasteiger charge is 2.15. The van der Waals surface area contributed by atoms with Gasteiger partial charge >= 0.3 is 0 Å². The third-order valence-electron chi connectivity index (χ3n) is 3.77. The van der Waals surface area contributed by atoms with Gasteiger partial charge in [-0.1, -0.05) is 17.7 Å². The van der Waals surface area contributed by atoms with E-state index in [1.54, 1.807) is 20.2 Å². The standard InChI is InChI=1S/C17H26ClN3O3.HI/c1-19-17(20-7-3-8-24-15-6-9-23-12-15)21-11-13-4-5-14(18)10-16(13)22-2;/h4-5,10,15H,3,6-9,11-12H2,1-2H3,(H2,19,20,21);1H. The molecular weight excluding hydrogens is 457 g/mol. The fourth-order valence-corrected chi connectivity index (χ4v) is 2.60. The van der Waals surface area contributed by atoms with Crippen molar-refractivity contribution in [2.45, 2.75) is 25.5 Å². The van der Waals surface area contributed by atoms with Crippen molar-refractivity contribution in [1.29, 1.82) is 0 Å². The van der Waals surface area contributed by atoms with Gasteiger partial charge in [-0.05, 0) is 25.0 Å². The van der Waals surface area contributed by atoms with E-state index < -0.39 is 0 Å². The van der Waals surface area contributed by atoms with Crippen LogP contribution in [0.15, 0.2) is 23.2 Å². The number of hydrogen-bond donors (Lipinski definition) is 2. The van der Waals surface area contributed by atoms with Gasteiger partial charge in [0.2, 0.25) is 0 Å². The lowest BCUT2D eigenvalue weighted by Crippen LogP contribution is -2.37. The molecule has 1 fully saturated rings. The molecule has 1 aromatic rings. The van der Waals surface area contributed by atoms with Crippen molar-refractivity contribution in [2.24, 2.45) is 4.99 Å². The van der Waals surface area contributed by atoms with Crippen LogP contribution in [-0.4, -0.2) is 52.6 Å². The Morgan fingerprint density at radius 2 is 2.24 bits per heavy atom. The van der Waals surface area contributed by atoms with Crippen LogP contribution < -0.4 is 15.4 Å². The van der Waals surface area contributed by atoms with Crippen LogP contribution in [0.5, 0.6) is 5.75 Å². The lowest BCUT2D eigenvalue weighted by Gasteiger charge is -2.14. The van der Waals surface area contributed by atoms with E-state index >= 15 is 0 Å². The van der Waals surface area contributed by atoms with Gasteiger partial charge in [0.1, 0.15) is 5.75 Å². The van der Waals surface area contributed by atoms with E-state index in [1.165, 1.54) is 0 Å². The van der Waals surface area contributed by atoms with Crippen molar-refractivity contribution < 1.29 is 14.2 Å². The number of rotatable bonds is 8. The van der Waals surface area contributed by atoms with E-state index in [0.717, 1.165) is 56.5 Å². The number of benzene rings is 1. The number of nitrogens with zero attached hydrogens (tertiary/aromatic N) is 1. The molecule has 1 aromatic carbocycles. The fourth-order valence-electron chi connectivity index (χ4n) is 2.44. The predicted molar refractivity (Wildman–Crippen MR) is 111 cm³/mol. The number of aliphatic imine (C=N–C) groups is 1. The van der Waals surface area contributed by atoms with Crippen molar-refractivity contribution in [2.75, 3.05) is 40.5 Å². The van der Waals surface area contributed by atoms with Crippen LogP contribution in [0.4, 0.5) is 0 Å². The van der Waals surface area contributed by atoms with Gasteiger partial charge in [-0.2, -0.15) is 0 Å². The van der Waals surface area contributed by atoms with Crippen molar-refractivity contribution in [1.82, 2.24) is 10.6 Å². The van der Waals surface area contributed by atoms with Gasteiger partial charge in [-0.3, -0.25) is 4.99 Å². The summed E-state index contributed by atoms with van der Waals surface area (Å²) in [6.07, 6.45) is 2.18.